The van der Waals surface area contributed by atoms with E-state index < -0.39 is 16.0 Å². The Labute approximate surface area is 132 Å². The van der Waals surface area contributed by atoms with Gasteiger partial charge in [0.05, 0.1) is 26.1 Å². The van der Waals surface area contributed by atoms with Crippen LogP contribution in [0.5, 0.6) is 11.5 Å². The van der Waals surface area contributed by atoms with E-state index in [1.54, 1.807) is 7.05 Å². The number of carbonyl (C=O) groups is 1. The minimum atomic E-state index is -4.01. The van der Waals surface area contributed by atoms with Gasteiger partial charge in [0, 0.05) is 25.4 Å². The number of aromatic nitrogens is 2. The Kier molecular flexibility index (Phi) is 4.45. The van der Waals surface area contributed by atoms with Crippen molar-refractivity contribution in [1.29, 1.82) is 0 Å². The number of methoxy groups -OCH3 is 2. The number of sulfonamides is 1. The van der Waals surface area contributed by atoms with Crippen molar-refractivity contribution in [3.8, 4) is 11.5 Å². The van der Waals surface area contributed by atoms with Crippen molar-refractivity contribution in [1.82, 2.24) is 9.78 Å². The molecule has 1 aromatic heterocycles. The van der Waals surface area contributed by atoms with Crippen LogP contribution in [-0.4, -0.2) is 43.5 Å². The molecule has 0 saturated carbocycles. The quantitative estimate of drug-likeness (QED) is 0.802. The minimum Gasteiger partial charge on any atom is -0.497 e. The van der Waals surface area contributed by atoms with Crippen LogP contribution in [0.1, 0.15) is 10.4 Å². The van der Waals surface area contributed by atoms with Crippen molar-refractivity contribution in [2.24, 2.45) is 7.05 Å². The molecule has 0 fully saturated rings. The maximum Gasteiger partial charge on any atom is 0.341 e. The van der Waals surface area contributed by atoms with E-state index in [1.807, 2.05) is 0 Å². The number of aromatic carboxylic acids is 1. The van der Waals surface area contributed by atoms with Crippen molar-refractivity contribution >= 4 is 21.7 Å². The van der Waals surface area contributed by atoms with Crippen LogP contribution in [0.25, 0.3) is 0 Å². The van der Waals surface area contributed by atoms with E-state index in [0.29, 0.717) is 0 Å². The second-order valence-electron chi connectivity index (χ2n) is 4.51. The molecule has 0 saturated heterocycles. The summed E-state index contributed by atoms with van der Waals surface area (Å²) in [6.45, 7) is 0. The van der Waals surface area contributed by atoms with E-state index in [1.165, 1.54) is 37.2 Å². The average Bonchev–Trinajstić information content (AvgIpc) is 2.93. The molecule has 124 valence electrons. The molecule has 0 aliphatic carbocycles. The van der Waals surface area contributed by atoms with Gasteiger partial charge in [0.25, 0.3) is 10.0 Å². The first-order valence-corrected chi connectivity index (χ1v) is 7.77. The smallest absolute Gasteiger partial charge is 0.341 e. The maximum atomic E-state index is 12.3. The highest BCUT2D eigenvalue weighted by atomic mass is 32.2. The van der Waals surface area contributed by atoms with Crippen molar-refractivity contribution < 1.29 is 27.8 Å². The van der Waals surface area contributed by atoms with Crippen LogP contribution in [-0.2, 0) is 17.1 Å². The van der Waals surface area contributed by atoms with E-state index in [0.717, 1.165) is 6.20 Å². The predicted molar refractivity (Wildman–Crippen MR) is 80.5 cm³/mol. The fourth-order valence-electron chi connectivity index (χ4n) is 1.91. The Balaban J connectivity index is 2.56. The highest BCUT2D eigenvalue weighted by Crippen LogP contribution is 2.33. The lowest BCUT2D eigenvalue weighted by Crippen LogP contribution is -2.16. The monoisotopic (exact) mass is 341 g/mol. The van der Waals surface area contributed by atoms with E-state index in [4.69, 9.17) is 9.47 Å². The molecule has 0 radical (unpaired) electrons. The third-order valence-electron chi connectivity index (χ3n) is 2.98. The average molecular weight is 341 g/mol. The Bertz CT molecular complexity index is 843. The molecule has 2 N–H and O–H groups in total. The number of aryl methyl sites for hydroxylation is 1. The molecule has 0 atom stereocenters. The molecule has 2 rings (SSSR count). The lowest BCUT2D eigenvalue weighted by atomic mass is 10.1. The van der Waals surface area contributed by atoms with Crippen LogP contribution >= 0.6 is 0 Å². The summed E-state index contributed by atoms with van der Waals surface area (Å²) >= 11 is 0. The van der Waals surface area contributed by atoms with Crippen LogP contribution in [0.2, 0.25) is 0 Å². The summed E-state index contributed by atoms with van der Waals surface area (Å²) in [5, 5.41) is 13.1. The van der Waals surface area contributed by atoms with E-state index in [9.17, 15) is 18.3 Å². The fraction of sp³-hybridized carbons (Fsp3) is 0.231. The molecule has 10 heteroatoms. The Morgan fingerprint density at radius 3 is 2.48 bits per heavy atom. The van der Waals surface area contributed by atoms with Crippen molar-refractivity contribution in [2.45, 2.75) is 4.90 Å². The van der Waals surface area contributed by atoms with E-state index in [2.05, 4.69) is 9.82 Å². The Hall–Kier alpha value is -2.75. The third-order valence-corrected chi connectivity index (χ3v) is 4.30. The second-order valence-corrected chi connectivity index (χ2v) is 6.19. The molecule has 0 amide bonds. The molecule has 1 aromatic carbocycles. The van der Waals surface area contributed by atoms with Gasteiger partial charge in [0.15, 0.2) is 0 Å². The number of nitrogens with one attached hydrogen (secondary N) is 1. The summed E-state index contributed by atoms with van der Waals surface area (Å²) in [6, 6.07) is 2.62. The van der Waals surface area contributed by atoms with E-state index >= 15 is 0 Å². The predicted octanol–water partition coefficient (Wildman–Crippen LogP) is 0.936. The third kappa shape index (κ3) is 3.37. The molecule has 0 aliphatic rings. The number of benzene rings is 1. The molecule has 0 bridgehead atoms. The topological polar surface area (TPSA) is 120 Å². The minimum absolute atomic E-state index is 0.0271. The number of rotatable bonds is 6. The zero-order valence-corrected chi connectivity index (χ0v) is 13.4. The largest absolute Gasteiger partial charge is 0.497 e. The van der Waals surface area contributed by atoms with Crippen LogP contribution in [0.3, 0.4) is 0 Å². The highest BCUT2D eigenvalue weighted by Gasteiger charge is 2.24. The fourth-order valence-corrected chi connectivity index (χ4v) is 2.96. The summed E-state index contributed by atoms with van der Waals surface area (Å²) in [7, 11) is 0.208. The molecular weight excluding hydrogens is 326 g/mol. The molecule has 2 aromatic rings. The second kappa shape index (κ2) is 6.16. The van der Waals surface area contributed by atoms with Gasteiger partial charge in [-0.15, -0.1) is 0 Å². The molecule has 9 nitrogen and oxygen atoms in total. The number of carboxylic acids is 1. The molecule has 23 heavy (non-hydrogen) atoms. The Morgan fingerprint density at radius 1 is 1.30 bits per heavy atom. The molecule has 0 spiro atoms. The van der Waals surface area contributed by atoms with Crippen LogP contribution in [0, 0.1) is 0 Å². The van der Waals surface area contributed by atoms with Gasteiger partial charge in [-0.25, -0.2) is 13.2 Å². The molecular formula is C13H15N3O6S. The van der Waals surface area contributed by atoms with E-state index in [-0.39, 0.29) is 27.6 Å². The lowest BCUT2D eigenvalue weighted by molar-refractivity contribution is 0.0694. The van der Waals surface area contributed by atoms with Gasteiger partial charge >= 0.3 is 5.97 Å². The highest BCUT2D eigenvalue weighted by molar-refractivity contribution is 7.92. The summed E-state index contributed by atoms with van der Waals surface area (Å²) in [6.07, 6.45) is 2.44. The molecule has 0 unspecified atom stereocenters. The van der Waals surface area contributed by atoms with Gasteiger partial charge in [-0.3, -0.25) is 9.40 Å². The number of carboxylic acid groups (broad SMARTS) is 1. The van der Waals surface area contributed by atoms with Crippen LogP contribution in [0.15, 0.2) is 29.4 Å². The van der Waals surface area contributed by atoms with Gasteiger partial charge < -0.3 is 14.6 Å². The first kappa shape index (κ1) is 16.6. The van der Waals surface area contributed by atoms with Crippen molar-refractivity contribution in [3.63, 3.8) is 0 Å². The van der Waals surface area contributed by atoms with Gasteiger partial charge in [-0.05, 0) is 0 Å². The van der Waals surface area contributed by atoms with Gasteiger partial charge in [0.2, 0.25) is 0 Å². The number of hydrogen-bond acceptors (Lipinski definition) is 6. The van der Waals surface area contributed by atoms with Crippen LogP contribution < -0.4 is 14.2 Å². The van der Waals surface area contributed by atoms with Gasteiger partial charge in [0.1, 0.15) is 22.0 Å². The summed E-state index contributed by atoms with van der Waals surface area (Å²) in [5.41, 5.74) is -0.488. The number of hydrogen-bond donors (Lipinski definition) is 2. The van der Waals surface area contributed by atoms with Gasteiger partial charge in [-0.1, -0.05) is 0 Å². The van der Waals surface area contributed by atoms with Gasteiger partial charge in [-0.2, -0.15) is 5.10 Å². The Morgan fingerprint density at radius 2 is 2.00 bits per heavy atom. The maximum absolute atomic E-state index is 12.3. The zero-order chi connectivity index (χ0) is 17.2. The zero-order valence-electron chi connectivity index (χ0n) is 12.6. The lowest BCUT2D eigenvalue weighted by Gasteiger charge is -2.14. The first-order chi connectivity index (χ1) is 10.8. The summed E-state index contributed by atoms with van der Waals surface area (Å²) in [5.74, 6) is -1.12. The molecule has 0 aliphatic heterocycles. The first-order valence-electron chi connectivity index (χ1n) is 6.29. The number of anilines is 1. The molecule has 1 heterocycles. The van der Waals surface area contributed by atoms with Crippen LogP contribution in [0.4, 0.5) is 5.69 Å². The standard InChI is InChI=1S/C13H15N3O6S/c1-16-7-9(6-14-16)23(19,20)15-10-4-8(21-2)5-11(22-3)12(10)13(17)18/h4-7,15H,1-3H3,(H,17,18). The van der Waals surface area contributed by atoms with Crippen molar-refractivity contribution in [2.75, 3.05) is 18.9 Å². The number of nitrogens with zero attached hydrogens (tertiary/aromatic N) is 2. The SMILES string of the molecule is COc1cc(NS(=O)(=O)c2cnn(C)c2)c(C(=O)O)c(OC)c1. The summed E-state index contributed by atoms with van der Waals surface area (Å²) in [4.78, 5) is 11.4. The summed E-state index contributed by atoms with van der Waals surface area (Å²) < 4.78 is 38.3. The normalized spacial score (nSPS) is 11.1. The number of ether oxygens (including phenoxy) is 2. The van der Waals surface area contributed by atoms with Crippen molar-refractivity contribution in [3.05, 3.63) is 30.1 Å².